The van der Waals surface area contributed by atoms with E-state index in [0.717, 1.165) is 0 Å². The third kappa shape index (κ3) is 2.05. The molecule has 1 amide bonds. The van der Waals surface area contributed by atoms with Crippen LogP contribution in [-0.4, -0.2) is 38.8 Å². The molecule has 0 bridgehead atoms. The van der Waals surface area contributed by atoms with Crippen LogP contribution in [0.2, 0.25) is 0 Å². The van der Waals surface area contributed by atoms with E-state index in [2.05, 4.69) is 15.4 Å². The van der Waals surface area contributed by atoms with E-state index in [0.29, 0.717) is 12.2 Å². The third-order valence-electron chi connectivity index (χ3n) is 1.86. The molecule has 0 aliphatic heterocycles. The van der Waals surface area contributed by atoms with Gasteiger partial charge in [-0.1, -0.05) is 0 Å². The molecule has 0 aliphatic rings. The van der Waals surface area contributed by atoms with Crippen LogP contribution in [0.3, 0.4) is 0 Å². The summed E-state index contributed by atoms with van der Waals surface area (Å²) in [7, 11) is 0. The molecule has 0 spiro atoms. The molecule has 1 aromatic rings. The van der Waals surface area contributed by atoms with Crippen molar-refractivity contribution in [1.29, 1.82) is 0 Å². The van der Waals surface area contributed by atoms with E-state index < -0.39 is 0 Å². The van der Waals surface area contributed by atoms with Crippen LogP contribution in [-0.2, 0) is 0 Å². The van der Waals surface area contributed by atoms with Gasteiger partial charge in [-0.25, -0.2) is 0 Å². The third-order valence-corrected chi connectivity index (χ3v) is 1.86. The predicted octanol–water partition coefficient (Wildman–Crippen LogP) is 0.675. The van der Waals surface area contributed by atoms with Gasteiger partial charge in [-0.15, -0.1) is 0 Å². The van der Waals surface area contributed by atoms with E-state index in [4.69, 9.17) is 0 Å². The summed E-state index contributed by atoms with van der Waals surface area (Å²) in [4.78, 5) is 13.4. The smallest absolute Gasteiger partial charge is 0.276 e. The van der Waals surface area contributed by atoms with Crippen molar-refractivity contribution in [2.24, 2.45) is 0 Å². The fraction of sp³-hybridized carbons (Fsp3) is 0.625. The standard InChI is InChI=1S/C8H14N4O/c1-4-12(6(2)3)8(13)7-5-9-11-10-7/h5-6H,4H2,1-3H3,(H,9,10,11). The lowest BCUT2D eigenvalue weighted by Crippen LogP contribution is -2.36. The second-order valence-corrected chi connectivity index (χ2v) is 3.04. The average Bonchev–Trinajstić information content (AvgIpc) is 2.56. The van der Waals surface area contributed by atoms with Crippen LogP contribution in [0.25, 0.3) is 0 Å². The lowest BCUT2D eigenvalue weighted by molar-refractivity contribution is 0.0711. The van der Waals surface area contributed by atoms with E-state index >= 15 is 0 Å². The molecule has 1 rings (SSSR count). The quantitative estimate of drug-likeness (QED) is 0.747. The van der Waals surface area contributed by atoms with Gasteiger partial charge in [-0.3, -0.25) is 4.79 Å². The minimum atomic E-state index is -0.0775. The van der Waals surface area contributed by atoms with Crippen molar-refractivity contribution in [3.05, 3.63) is 11.9 Å². The first-order valence-electron chi connectivity index (χ1n) is 4.33. The summed E-state index contributed by atoms with van der Waals surface area (Å²) >= 11 is 0. The monoisotopic (exact) mass is 182 g/mol. The first kappa shape index (κ1) is 9.70. The molecule has 5 heteroatoms. The summed E-state index contributed by atoms with van der Waals surface area (Å²) < 4.78 is 0. The molecule has 1 heterocycles. The van der Waals surface area contributed by atoms with Gasteiger partial charge < -0.3 is 4.90 Å². The molecule has 72 valence electrons. The van der Waals surface area contributed by atoms with Gasteiger partial charge in [0.25, 0.3) is 5.91 Å². The number of hydrogen-bond acceptors (Lipinski definition) is 3. The van der Waals surface area contributed by atoms with Crippen molar-refractivity contribution >= 4 is 5.91 Å². The van der Waals surface area contributed by atoms with Gasteiger partial charge in [-0.2, -0.15) is 15.4 Å². The summed E-state index contributed by atoms with van der Waals surface area (Å²) in [5.41, 5.74) is 0.371. The summed E-state index contributed by atoms with van der Waals surface area (Å²) in [6.45, 7) is 6.57. The largest absolute Gasteiger partial charge is 0.335 e. The first-order chi connectivity index (χ1) is 6.16. The number of rotatable bonds is 3. The van der Waals surface area contributed by atoms with E-state index in [1.54, 1.807) is 4.90 Å². The molecule has 13 heavy (non-hydrogen) atoms. The number of aromatic amines is 1. The van der Waals surface area contributed by atoms with Crippen LogP contribution in [0, 0.1) is 0 Å². The number of nitrogens with one attached hydrogen (secondary N) is 1. The van der Waals surface area contributed by atoms with Crippen molar-refractivity contribution in [2.45, 2.75) is 26.8 Å². The zero-order valence-electron chi connectivity index (χ0n) is 8.11. The van der Waals surface area contributed by atoms with Gasteiger partial charge in [0, 0.05) is 12.6 Å². The Morgan fingerprint density at radius 3 is 2.77 bits per heavy atom. The molecule has 0 fully saturated rings. The molecule has 1 N–H and O–H groups in total. The molecule has 0 aliphatic carbocycles. The van der Waals surface area contributed by atoms with Gasteiger partial charge in [0.05, 0.1) is 6.20 Å². The minimum absolute atomic E-state index is 0.0775. The maximum atomic E-state index is 11.7. The number of H-pyrrole nitrogens is 1. The van der Waals surface area contributed by atoms with E-state index in [1.165, 1.54) is 6.20 Å². The molecule has 0 saturated carbocycles. The van der Waals surface area contributed by atoms with Crippen LogP contribution in [0.5, 0.6) is 0 Å². The van der Waals surface area contributed by atoms with Gasteiger partial charge in [0.2, 0.25) is 0 Å². The van der Waals surface area contributed by atoms with Crippen molar-refractivity contribution in [3.8, 4) is 0 Å². The highest BCUT2D eigenvalue weighted by Crippen LogP contribution is 2.03. The minimum Gasteiger partial charge on any atom is -0.335 e. The number of carbonyl (C=O) groups is 1. The van der Waals surface area contributed by atoms with Crippen LogP contribution < -0.4 is 0 Å². The zero-order valence-corrected chi connectivity index (χ0v) is 8.11. The maximum Gasteiger partial charge on any atom is 0.276 e. The topological polar surface area (TPSA) is 61.9 Å². The van der Waals surface area contributed by atoms with E-state index in [1.807, 2.05) is 20.8 Å². The Hall–Kier alpha value is -1.39. The Morgan fingerprint density at radius 2 is 2.38 bits per heavy atom. The predicted molar refractivity (Wildman–Crippen MR) is 48.2 cm³/mol. The van der Waals surface area contributed by atoms with Crippen molar-refractivity contribution in [2.75, 3.05) is 6.54 Å². The molecule has 0 radical (unpaired) electrons. The number of nitrogens with zero attached hydrogens (tertiary/aromatic N) is 3. The Kier molecular flexibility index (Phi) is 3.00. The average molecular weight is 182 g/mol. The highest BCUT2D eigenvalue weighted by Gasteiger charge is 2.18. The van der Waals surface area contributed by atoms with Crippen molar-refractivity contribution in [1.82, 2.24) is 20.3 Å². The number of amides is 1. The van der Waals surface area contributed by atoms with Gasteiger partial charge in [-0.05, 0) is 20.8 Å². The summed E-state index contributed by atoms with van der Waals surface area (Å²) in [6.07, 6.45) is 1.44. The van der Waals surface area contributed by atoms with Crippen LogP contribution in [0.1, 0.15) is 31.3 Å². The number of hydrogen-bond donors (Lipinski definition) is 1. The Bertz CT molecular complexity index is 268. The van der Waals surface area contributed by atoms with E-state index in [9.17, 15) is 4.79 Å². The van der Waals surface area contributed by atoms with Crippen LogP contribution in [0.15, 0.2) is 6.20 Å². The first-order valence-corrected chi connectivity index (χ1v) is 4.33. The summed E-state index contributed by atoms with van der Waals surface area (Å²) in [5.74, 6) is -0.0775. The molecular formula is C8H14N4O. The SMILES string of the molecule is CCN(C(=O)c1cn[nH]n1)C(C)C. The number of carbonyl (C=O) groups excluding carboxylic acids is 1. The molecular weight excluding hydrogens is 168 g/mol. The second-order valence-electron chi connectivity index (χ2n) is 3.04. The molecule has 0 saturated heterocycles. The lowest BCUT2D eigenvalue weighted by Gasteiger charge is -2.23. The summed E-state index contributed by atoms with van der Waals surface area (Å²) in [5, 5.41) is 9.76. The normalized spacial score (nSPS) is 10.5. The van der Waals surface area contributed by atoms with Crippen molar-refractivity contribution in [3.63, 3.8) is 0 Å². The van der Waals surface area contributed by atoms with E-state index in [-0.39, 0.29) is 11.9 Å². The highest BCUT2D eigenvalue weighted by molar-refractivity contribution is 5.92. The maximum absolute atomic E-state index is 11.7. The Morgan fingerprint density at radius 1 is 1.69 bits per heavy atom. The molecule has 0 aromatic carbocycles. The molecule has 0 atom stereocenters. The van der Waals surface area contributed by atoms with Gasteiger partial charge in [0.1, 0.15) is 0 Å². The van der Waals surface area contributed by atoms with Gasteiger partial charge in [0.15, 0.2) is 5.69 Å². The Labute approximate surface area is 77.1 Å². The van der Waals surface area contributed by atoms with Crippen molar-refractivity contribution < 1.29 is 4.79 Å². The Balaban J connectivity index is 2.77. The lowest BCUT2D eigenvalue weighted by atomic mass is 10.3. The molecule has 5 nitrogen and oxygen atoms in total. The van der Waals surface area contributed by atoms with Crippen LogP contribution in [0.4, 0.5) is 0 Å². The highest BCUT2D eigenvalue weighted by atomic mass is 16.2. The number of aromatic nitrogens is 3. The summed E-state index contributed by atoms with van der Waals surface area (Å²) in [6, 6.07) is 0.189. The zero-order chi connectivity index (χ0) is 9.84. The second kappa shape index (κ2) is 4.02. The molecule has 1 aromatic heterocycles. The fourth-order valence-electron chi connectivity index (χ4n) is 1.20. The van der Waals surface area contributed by atoms with Gasteiger partial charge >= 0.3 is 0 Å². The van der Waals surface area contributed by atoms with Crippen LogP contribution >= 0.6 is 0 Å². The fourth-order valence-corrected chi connectivity index (χ4v) is 1.20. The molecule has 0 unspecified atom stereocenters.